The van der Waals surface area contributed by atoms with Gasteiger partial charge < -0.3 is 10.2 Å². The first-order valence-corrected chi connectivity index (χ1v) is 4.48. The van der Waals surface area contributed by atoms with Crippen molar-refractivity contribution in [3.8, 4) is 5.75 Å². The molecule has 76 valence electrons. The van der Waals surface area contributed by atoms with Crippen molar-refractivity contribution in [1.29, 1.82) is 0 Å². The van der Waals surface area contributed by atoms with Crippen LogP contribution in [0.2, 0.25) is 5.02 Å². The normalized spacial score (nSPS) is 10.5. The summed E-state index contributed by atoms with van der Waals surface area (Å²) in [5.74, 6) is -1.51. The van der Waals surface area contributed by atoms with Crippen molar-refractivity contribution in [2.24, 2.45) is 0 Å². The highest BCUT2D eigenvalue weighted by molar-refractivity contribution is 6.35. The van der Waals surface area contributed by atoms with Gasteiger partial charge in [0.1, 0.15) is 11.3 Å². The average molecular weight is 224 g/mol. The Morgan fingerprint density at radius 3 is 2.80 bits per heavy atom. The molecule has 15 heavy (non-hydrogen) atoms. The topological polar surface area (TPSA) is 70.4 Å². The van der Waals surface area contributed by atoms with E-state index in [2.05, 4.69) is 4.98 Å². The van der Waals surface area contributed by atoms with Crippen LogP contribution in [-0.2, 0) is 0 Å². The number of benzene rings is 1. The Hall–Kier alpha value is -1.81. The molecule has 5 heteroatoms. The molecule has 0 aliphatic rings. The number of hydrogen-bond donors (Lipinski definition) is 2. The van der Waals surface area contributed by atoms with Gasteiger partial charge in [0.25, 0.3) is 0 Å². The molecule has 0 atom stereocenters. The van der Waals surface area contributed by atoms with Crippen molar-refractivity contribution in [3.63, 3.8) is 0 Å². The first-order valence-electron chi connectivity index (χ1n) is 4.10. The van der Waals surface area contributed by atoms with Gasteiger partial charge in [0.15, 0.2) is 0 Å². The van der Waals surface area contributed by atoms with Crippen LogP contribution in [0.25, 0.3) is 10.9 Å². The number of carbonyl (C=O) groups is 1. The summed E-state index contributed by atoms with van der Waals surface area (Å²) in [6.07, 6.45) is 1.49. The predicted octanol–water partition coefficient (Wildman–Crippen LogP) is 2.29. The van der Waals surface area contributed by atoms with E-state index < -0.39 is 5.97 Å². The van der Waals surface area contributed by atoms with Gasteiger partial charge in [0, 0.05) is 17.6 Å². The number of fused-ring (bicyclic) bond motifs is 1. The molecule has 0 aliphatic carbocycles. The number of nitrogens with zero attached hydrogens (tertiary/aromatic N) is 1. The van der Waals surface area contributed by atoms with E-state index in [1.165, 1.54) is 18.3 Å². The van der Waals surface area contributed by atoms with Crippen molar-refractivity contribution in [2.75, 3.05) is 0 Å². The lowest BCUT2D eigenvalue weighted by atomic mass is 10.1. The van der Waals surface area contributed by atoms with Gasteiger partial charge in [-0.15, -0.1) is 0 Å². The minimum absolute atomic E-state index is 0.183. The van der Waals surface area contributed by atoms with Crippen LogP contribution >= 0.6 is 11.6 Å². The molecule has 0 saturated carbocycles. The Morgan fingerprint density at radius 2 is 2.13 bits per heavy atom. The fourth-order valence-corrected chi connectivity index (χ4v) is 1.53. The molecule has 2 N–H and O–H groups in total. The van der Waals surface area contributed by atoms with E-state index in [0.29, 0.717) is 15.9 Å². The number of phenols is 1. The minimum atomic E-state index is -1.20. The van der Waals surface area contributed by atoms with E-state index in [0.717, 1.165) is 0 Å². The molecule has 1 aromatic carbocycles. The van der Waals surface area contributed by atoms with Crippen molar-refractivity contribution >= 4 is 28.5 Å². The summed E-state index contributed by atoms with van der Waals surface area (Å²) in [7, 11) is 0. The number of aromatic carboxylic acids is 1. The molecule has 0 fully saturated rings. The van der Waals surface area contributed by atoms with Gasteiger partial charge in [0.05, 0.1) is 10.5 Å². The lowest BCUT2D eigenvalue weighted by Crippen LogP contribution is -1.97. The van der Waals surface area contributed by atoms with E-state index in [1.807, 2.05) is 0 Å². The van der Waals surface area contributed by atoms with Crippen LogP contribution in [0.15, 0.2) is 24.4 Å². The Kier molecular flexibility index (Phi) is 2.21. The third kappa shape index (κ3) is 1.59. The molecule has 0 unspecified atom stereocenters. The average Bonchev–Trinajstić information content (AvgIpc) is 2.16. The molecule has 1 heterocycles. The van der Waals surface area contributed by atoms with Crippen LogP contribution in [0, 0.1) is 0 Å². The lowest BCUT2D eigenvalue weighted by molar-refractivity contribution is 0.0694. The van der Waals surface area contributed by atoms with Gasteiger partial charge in [-0.2, -0.15) is 0 Å². The molecule has 1 aromatic heterocycles. The Morgan fingerprint density at radius 1 is 1.40 bits per heavy atom. The minimum Gasteiger partial charge on any atom is -0.507 e. The second-order valence-corrected chi connectivity index (χ2v) is 3.39. The Bertz CT molecular complexity index is 554. The highest BCUT2D eigenvalue weighted by Crippen LogP contribution is 2.28. The zero-order chi connectivity index (χ0) is 11.0. The van der Waals surface area contributed by atoms with Crippen LogP contribution in [0.3, 0.4) is 0 Å². The van der Waals surface area contributed by atoms with Gasteiger partial charge in [-0.3, -0.25) is 4.98 Å². The molecule has 0 spiro atoms. The van der Waals surface area contributed by atoms with Crippen LogP contribution in [0.4, 0.5) is 0 Å². The van der Waals surface area contributed by atoms with Gasteiger partial charge in [-0.05, 0) is 12.1 Å². The Labute approximate surface area is 89.8 Å². The number of hydrogen-bond acceptors (Lipinski definition) is 3. The van der Waals surface area contributed by atoms with E-state index in [9.17, 15) is 9.90 Å². The number of halogens is 1. The summed E-state index contributed by atoms with van der Waals surface area (Å²) in [6, 6.07) is 4.15. The SMILES string of the molecule is O=C(O)c1cc2c(Cl)ccnc2cc1O. The first kappa shape index (κ1) is 9.73. The number of aromatic hydroxyl groups is 1. The second kappa shape index (κ2) is 3.40. The lowest BCUT2D eigenvalue weighted by Gasteiger charge is -2.03. The second-order valence-electron chi connectivity index (χ2n) is 2.98. The molecule has 0 amide bonds. The number of carboxylic acid groups (broad SMARTS) is 1. The van der Waals surface area contributed by atoms with Gasteiger partial charge >= 0.3 is 5.97 Å². The fraction of sp³-hybridized carbons (Fsp3) is 0. The number of carboxylic acids is 1. The maximum atomic E-state index is 10.8. The van der Waals surface area contributed by atoms with Crippen LogP contribution < -0.4 is 0 Å². The largest absolute Gasteiger partial charge is 0.507 e. The van der Waals surface area contributed by atoms with Crippen molar-refractivity contribution in [3.05, 3.63) is 35.0 Å². The van der Waals surface area contributed by atoms with E-state index >= 15 is 0 Å². The molecular formula is C10H6ClNO3. The number of rotatable bonds is 1. The van der Waals surface area contributed by atoms with E-state index in [-0.39, 0.29) is 11.3 Å². The monoisotopic (exact) mass is 223 g/mol. The number of aromatic nitrogens is 1. The molecule has 0 radical (unpaired) electrons. The standard InChI is InChI=1S/C10H6ClNO3/c11-7-1-2-12-8-4-9(13)6(10(14)15)3-5(7)8/h1-4,13H,(H,14,15). The summed E-state index contributed by atoms with van der Waals surface area (Å²) >= 11 is 5.87. The zero-order valence-electron chi connectivity index (χ0n) is 7.44. The summed E-state index contributed by atoms with van der Waals surface area (Å²) in [5.41, 5.74) is 0.280. The summed E-state index contributed by atoms with van der Waals surface area (Å²) in [6.45, 7) is 0. The maximum absolute atomic E-state index is 10.8. The van der Waals surface area contributed by atoms with Crippen LogP contribution in [-0.4, -0.2) is 21.2 Å². The molecule has 0 aliphatic heterocycles. The third-order valence-electron chi connectivity index (χ3n) is 2.04. The van der Waals surface area contributed by atoms with Crippen molar-refractivity contribution in [2.45, 2.75) is 0 Å². The first-order chi connectivity index (χ1) is 7.09. The summed E-state index contributed by atoms with van der Waals surface area (Å²) in [4.78, 5) is 14.7. The van der Waals surface area contributed by atoms with Gasteiger partial charge in [-0.25, -0.2) is 4.79 Å². The molecular weight excluding hydrogens is 218 g/mol. The third-order valence-corrected chi connectivity index (χ3v) is 2.37. The predicted molar refractivity (Wildman–Crippen MR) is 55.4 cm³/mol. The van der Waals surface area contributed by atoms with Gasteiger partial charge in [-0.1, -0.05) is 11.6 Å². The van der Waals surface area contributed by atoms with E-state index in [1.54, 1.807) is 6.07 Å². The smallest absolute Gasteiger partial charge is 0.339 e. The van der Waals surface area contributed by atoms with Crippen LogP contribution in [0.1, 0.15) is 10.4 Å². The molecule has 4 nitrogen and oxygen atoms in total. The van der Waals surface area contributed by atoms with E-state index in [4.69, 9.17) is 16.7 Å². The molecule has 2 aromatic rings. The van der Waals surface area contributed by atoms with Crippen LogP contribution in [0.5, 0.6) is 5.75 Å². The summed E-state index contributed by atoms with van der Waals surface area (Å²) in [5, 5.41) is 19.1. The maximum Gasteiger partial charge on any atom is 0.339 e. The fourth-order valence-electron chi connectivity index (χ4n) is 1.32. The highest BCUT2D eigenvalue weighted by Gasteiger charge is 2.12. The molecule has 0 bridgehead atoms. The highest BCUT2D eigenvalue weighted by atomic mass is 35.5. The molecule has 0 saturated heterocycles. The zero-order valence-corrected chi connectivity index (χ0v) is 8.19. The Balaban J connectivity index is 2.83. The number of pyridine rings is 1. The summed E-state index contributed by atoms with van der Waals surface area (Å²) < 4.78 is 0. The van der Waals surface area contributed by atoms with Crippen molar-refractivity contribution in [1.82, 2.24) is 4.98 Å². The van der Waals surface area contributed by atoms with Gasteiger partial charge in [0.2, 0.25) is 0 Å². The molecule has 2 rings (SSSR count). The quantitative estimate of drug-likeness (QED) is 0.778. The van der Waals surface area contributed by atoms with Crippen molar-refractivity contribution < 1.29 is 15.0 Å².